The van der Waals surface area contributed by atoms with E-state index in [9.17, 15) is 0 Å². The third-order valence-corrected chi connectivity index (χ3v) is 2.99. The second-order valence-corrected chi connectivity index (χ2v) is 4.30. The number of nitrogens with one attached hydrogen (secondary N) is 1. The van der Waals surface area contributed by atoms with Crippen molar-refractivity contribution < 1.29 is 47.8 Å². The summed E-state index contributed by atoms with van der Waals surface area (Å²) in [6, 6.07) is 7.99. The minimum absolute atomic E-state index is 0. The number of benzene rings is 1. The Hall–Kier alpha value is -1.60. The molecule has 7 heteroatoms. The number of aromatic amines is 1. The van der Waals surface area contributed by atoms with Gasteiger partial charge in [0.05, 0.1) is 7.11 Å². The van der Waals surface area contributed by atoms with Crippen LogP contribution in [0.15, 0.2) is 61.7 Å². The molecule has 1 N–H and O–H groups in total. The van der Waals surface area contributed by atoms with E-state index < -0.39 is 0 Å². The van der Waals surface area contributed by atoms with Gasteiger partial charge in [0.1, 0.15) is 36.2 Å². The Balaban J connectivity index is 0.00000110. The fourth-order valence-electron chi connectivity index (χ4n) is 1.98. The van der Waals surface area contributed by atoms with Crippen LogP contribution in [0.25, 0.3) is 5.69 Å². The molecule has 112 valence electrons. The molecule has 0 atom stereocenters. The first kappa shape index (κ1) is 17.5. The van der Waals surface area contributed by atoms with Crippen LogP contribution in [0.1, 0.15) is 0 Å². The summed E-state index contributed by atoms with van der Waals surface area (Å²) in [6.45, 7) is 0.784. The molecule has 21 heavy (non-hydrogen) atoms. The van der Waals surface area contributed by atoms with Crippen LogP contribution in [0.3, 0.4) is 0 Å². The summed E-state index contributed by atoms with van der Waals surface area (Å²) < 4.78 is 11.4. The SMILES string of the molecule is COc1ccc(-n2cc[n+](C[n+]3cc[nH]c3)c2)cc1.[Br-].[Br-]. The van der Waals surface area contributed by atoms with Crippen molar-refractivity contribution in [3.05, 3.63) is 61.7 Å². The van der Waals surface area contributed by atoms with Crippen molar-refractivity contribution in [2.45, 2.75) is 6.67 Å². The van der Waals surface area contributed by atoms with E-state index in [2.05, 4.69) is 25.0 Å². The van der Waals surface area contributed by atoms with Gasteiger partial charge in [-0.05, 0) is 24.3 Å². The first-order valence-corrected chi connectivity index (χ1v) is 6.08. The minimum atomic E-state index is 0. The Morgan fingerprint density at radius 3 is 2.48 bits per heavy atom. The average molecular weight is 416 g/mol. The number of rotatable bonds is 4. The lowest BCUT2D eigenvalue weighted by atomic mass is 10.3. The van der Waals surface area contributed by atoms with Crippen molar-refractivity contribution in [3.63, 3.8) is 0 Å². The molecule has 1 aromatic carbocycles. The van der Waals surface area contributed by atoms with Gasteiger partial charge in [0.25, 0.3) is 6.33 Å². The molecule has 0 saturated heterocycles. The monoisotopic (exact) mass is 414 g/mol. The molecule has 2 aromatic heterocycles. The summed E-state index contributed by atoms with van der Waals surface area (Å²) in [5, 5.41) is 0. The van der Waals surface area contributed by atoms with Crippen molar-refractivity contribution in [1.82, 2.24) is 9.55 Å². The highest BCUT2D eigenvalue weighted by Crippen LogP contribution is 2.13. The highest BCUT2D eigenvalue weighted by molar-refractivity contribution is 5.36. The molecule has 0 aliphatic rings. The summed E-state index contributed by atoms with van der Waals surface area (Å²) in [4.78, 5) is 3.03. The molecule has 5 nitrogen and oxygen atoms in total. The van der Waals surface area contributed by atoms with Gasteiger partial charge in [-0.25, -0.2) is 4.57 Å². The number of methoxy groups -OCH3 is 1. The van der Waals surface area contributed by atoms with Gasteiger partial charge in [-0.3, -0.25) is 4.98 Å². The molecule has 3 aromatic rings. The molecule has 0 aliphatic heterocycles. The maximum atomic E-state index is 5.16. The van der Waals surface area contributed by atoms with Crippen LogP contribution in [0.4, 0.5) is 0 Å². The van der Waals surface area contributed by atoms with E-state index >= 15 is 0 Å². The number of aromatic nitrogens is 4. The molecule has 0 spiro atoms. The molecule has 0 fully saturated rings. The number of halogens is 2. The zero-order valence-electron chi connectivity index (χ0n) is 11.5. The summed E-state index contributed by atoms with van der Waals surface area (Å²) in [6.07, 6.45) is 12.0. The first-order valence-electron chi connectivity index (χ1n) is 6.08. The van der Waals surface area contributed by atoms with Gasteiger partial charge in [0.2, 0.25) is 13.0 Å². The van der Waals surface area contributed by atoms with E-state index in [1.54, 1.807) is 7.11 Å². The highest BCUT2D eigenvalue weighted by atomic mass is 79.9. The van der Waals surface area contributed by atoms with Crippen LogP contribution in [-0.4, -0.2) is 16.7 Å². The lowest BCUT2D eigenvalue weighted by molar-refractivity contribution is -0.912. The highest BCUT2D eigenvalue weighted by Gasteiger charge is 2.08. The van der Waals surface area contributed by atoms with Gasteiger partial charge in [-0.2, -0.15) is 9.13 Å². The quantitative estimate of drug-likeness (QED) is 0.425. The van der Waals surface area contributed by atoms with Gasteiger partial charge < -0.3 is 38.7 Å². The lowest BCUT2D eigenvalue weighted by Gasteiger charge is -1.99. The van der Waals surface area contributed by atoms with Gasteiger partial charge in [-0.15, -0.1) is 0 Å². The number of imidazole rings is 2. The molecule has 0 amide bonds. The number of H-pyrrole nitrogens is 1. The van der Waals surface area contributed by atoms with Crippen molar-refractivity contribution in [3.8, 4) is 11.4 Å². The zero-order chi connectivity index (χ0) is 13.1. The van der Waals surface area contributed by atoms with E-state index in [1.165, 1.54) is 0 Å². The third-order valence-electron chi connectivity index (χ3n) is 2.99. The van der Waals surface area contributed by atoms with Crippen molar-refractivity contribution in [2.24, 2.45) is 0 Å². The Morgan fingerprint density at radius 2 is 1.86 bits per heavy atom. The van der Waals surface area contributed by atoms with Gasteiger partial charge in [-0.1, -0.05) is 0 Å². The summed E-state index contributed by atoms with van der Waals surface area (Å²) in [5.74, 6) is 0.867. The van der Waals surface area contributed by atoms with Crippen LogP contribution in [-0.2, 0) is 6.67 Å². The topological polar surface area (TPSA) is 37.7 Å². The van der Waals surface area contributed by atoms with Crippen LogP contribution < -0.4 is 47.8 Å². The van der Waals surface area contributed by atoms with Gasteiger partial charge in [0.15, 0.2) is 0 Å². The maximum Gasteiger partial charge on any atom is 0.252 e. The third kappa shape index (κ3) is 4.18. The molecular formula is C14H16Br2N4O. The van der Waals surface area contributed by atoms with E-state index in [0.29, 0.717) is 0 Å². The Labute approximate surface area is 144 Å². The number of nitrogens with zero attached hydrogens (tertiary/aromatic N) is 3. The Kier molecular flexibility index (Phi) is 6.64. The number of hydrogen-bond acceptors (Lipinski definition) is 1. The number of ether oxygens (including phenoxy) is 1. The molecule has 0 saturated carbocycles. The maximum absolute atomic E-state index is 5.16. The summed E-state index contributed by atoms with van der Waals surface area (Å²) >= 11 is 0. The zero-order valence-corrected chi connectivity index (χ0v) is 14.7. The van der Waals surface area contributed by atoms with Crippen molar-refractivity contribution in [2.75, 3.05) is 7.11 Å². The Morgan fingerprint density at radius 1 is 1.10 bits per heavy atom. The largest absolute Gasteiger partial charge is 1.00 e. The van der Waals surface area contributed by atoms with Gasteiger partial charge in [0, 0.05) is 0 Å². The molecule has 0 aliphatic carbocycles. The summed E-state index contributed by atoms with van der Waals surface area (Å²) in [7, 11) is 1.67. The summed E-state index contributed by atoms with van der Waals surface area (Å²) in [5.41, 5.74) is 1.11. The fraction of sp³-hybridized carbons (Fsp3) is 0.143. The second-order valence-electron chi connectivity index (χ2n) is 4.30. The fourth-order valence-corrected chi connectivity index (χ4v) is 1.98. The minimum Gasteiger partial charge on any atom is -1.00 e. The first-order chi connectivity index (χ1) is 9.35. The van der Waals surface area contributed by atoms with E-state index in [1.807, 2.05) is 55.4 Å². The standard InChI is InChI=1S/C14H15N4O.2BrH/c1-19-14-4-2-13(3-5-14)18-9-8-17(12-18)11-16-7-6-15-10-16;;/h2-10,12H,11H2,1H3;2*1H/q+1;;/p-1. The number of hydrogen-bond donors (Lipinski definition) is 1. The van der Waals surface area contributed by atoms with Crippen molar-refractivity contribution >= 4 is 0 Å². The van der Waals surface area contributed by atoms with Crippen LogP contribution >= 0.6 is 0 Å². The van der Waals surface area contributed by atoms with E-state index in [-0.39, 0.29) is 34.0 Å². The van der Waals surface area contributed by atoms with E-state index in [4.69, 9.17) is 4.74 Å². The molecule has 3 rings (SSSR count). The molecule has 0 bridgehead atoms. The van der Waals surface area contributed by atoms with Crippen LogP contribution in [0, 0.1) is 0 Å². The molecule has 2 heterocycles. The lowest BCUT2D eigenvalue weighted by Crippen LogP contribution is -3.00. The predicted molar refractivity (Wildman–Crippen MR) is 68.9 cm³/mol. The normalized spacial score (nSPS) is 9.57. The van der Waals surface area contributed by atoms with E-state index in [0.717, 1.165) is 18.1 Å². The van der Waals surface area contributed by atoms with Crippen LogP contribution in [0.5, 0.6) is 5.75 Å². The second kappa shape index (κ2) is 7.99. The smallest absolute Gasteiger partial charge is 0.252 e. The van der Waals surface area contributed by atoms with Crippen molar-refractivity contribution in [1.29, 1.82) is 0 Å². The van der Waals surface area contributed by atoms with Gasteiger partial charge >= 0.3 is 0 Å². The average Bonchev–Trinajstić information content (AvgIpc) is 3.11. The molecule has 0 radical (unpaired) electrons. The molecular weight excluding hydrogens is 400 g/mol. The Bertz CT molecular complexity index is 650. The molecule has 0 unspecified atom stereocenters. The predicted octanol–water partition coefficient (Wildman–Crippen LogP) is -5.10. The van der Waals surface area contributed by atoms with Crippen LogP contribution in [0.2, 0.25) is 0 Å².